The van der Waals surface area contributed by atoms with E-state index >= 15 is 0 Å². The predicted octanol–water partition coefficient (Wildman–Crippen LogP) is 2.55. The summed E-state index contributed by atoms with van der Waals surface area (Å²) < 4.78 is 18.0. The van der Waals surface area contributed by atoms with Gasteiger partial charge in [-0.05, 0) is 48.4 Å². The Morgan fingerprint density at radius 2 is 1.88 bits per heavy atom. The van der Waals surface area contributed by atoms with Crippen molar-refractivity contribution in [2.45, 2.75) is 12.8 Å². The summed E-state index contributed by atoms with van der Waals surface area (Å²) in [4.78, 5) is 26.2. The maximum absolute atomic E-state index is 12.9. The number of benzene rings is 2. The van der Waals surface area contributed by atoms with Gasteiger partial charge in [-0.15, -0.1) is 0 Å². The van der Waals surface area contributed by atoms with Crippen LogP contribution in [0.3, 0.4) is 0 Å². The van der Waals surface area contributed by atoms with E-state index in [1.165, 1.54) is 12.1 Å². The van der Waals surface area contributed by atoms with E-state index in [2.05, 4.69) is 5.32 Å². The summed E-state index contributed by atoms with van der Waals surface area (Å²) in [7, 11) is 1.59. The number of hydrogen-bond acceptors (Lipinski definition) is 3. The Balaban J connectivity index is 1.52. The predicted molar refractivity (Wildman–Crippen MR) is 96.6 cm³/mol. The molecule has 1 fully saturated rings. The van der Waals surface area contributed by atoms with Gasteiger partial charge in [-0.2, -0.15) is 0 Å². The molecule has 0 saturated carbocycles. The average molecular weight is 356 g/mol. The van der Waals surface area contributed by atoms with E-state index in [9.17, 15) is 14.0 Å². The van der Waals surface area contributed by atoms with Crippen LogP contribution in [0, 0.1) is 11.7 Å². The number of halogens is 1. The standard InChI is InChI=1S/C20H21FN2O3/c1-26-18-8-6-17(7-9-18)23-13-15(12-19(23)24)20(25)22-11-10-14-2-4-16(21)5-3-14/h2-9,15H,10-13H2,1H3,(H,22,25)/t15-/m1/s1. The van der Waals surface area contributed by atoms with E-state index in [0.29, 0.717) is 19.5 Å². The second kappa shape index (κ2) is 7.99. The first-order chi connectivity index (χ1) is 12.6. The fourth-order valence-electron chi connectivity index (χ4n) is 3.02. The molecular weight excluding hydrogens is 335 g/mol. The maximum Gasteiger partial charge on any atom is 0.227 e. The third-order valence-electron chi connectivity index (χ3n) is 4.51. The van der Waals surface area contributed by atoms with Gasteiger partial charge in [0.1, 0.15) is 11.6 Å². The number of rotatable bonds is 6. The van der Waals surface area contributed by atoms with Gasteiger partial charge in [0.05, 0.1) is 13.0 Å². The van der Waals surface area contributed by atoms with Crippen molar-refractivity contribution in [1.29, 1.82) is 0 Å². The molecule has 3 rings (SSSR count). The van der Waals surface area contributed by atoms with Crippen LogP contribution in [0.25, 0.3) is 0 Å². The van der Waals surface area contributed by atoms with Crippen LogP contribution in [0.15, 0.2) is 48.5 Å². The van der Waals surface area contributed by atoms with Crippen molar-refractivity contribution in [1.82, 2.24) is 5.32 Å². The lowest BCUT2D eigenvalue weighted by Crippen LogP contribution is -2.34. The number of nitrogens with zero attached hydrogens (tertiary/aromatic N) is 1. The molecular formula is C20H21FN2O3. The zero-order valence-electron chi connectivity index (χ0n) is 14.6. The van der Waals surface area contributed by atoms with E-state index in [1.54, 1.807) is 36.3 Å². The van der Waals surface area contributed by atoms with Crippen molar-refractivity contribution in [2.24, 2.45) is 5.92 Å². The van der Waals surface area contributed by atoms with E-state index < -0.39 is 0 Å². The number of carbonyl (C=O) groups is 2. The molecule has 1 N–H and O–H groups in total. The Kier molecular flexibility index (Phi) is 5.51. The molecule has 0 bridgehead atoms. The molecule has 0 radical (unpaired) electrons. The molecule has 1 aliphatic rings. The molecule has 136 valence electrons. The van der Waals surface area contributed by atoms with Crippen molar-refractivity contribution in [3.05, 3.63) is 59.9 Å². The van der Waals surface area contributed by atoms with E-state index in [4.69, 9.17) is 4.74 Å². The topological polar surface area (TPSA) is 58.6 Å². The number of methoxy groups -OCH3 is 1. The molecule has 0 aromatic heterocycles. The molecule has 1 saturated heterocycles. The third kappa shape index (κ3) is 4.20. The lowest BCUT2D eigenvalue weighted by atomic mass is 10.1. The minimum absolute atomic E-state index is 0.0612. The molecule has 5 nitrogen and oxygen atoms in total. The highest BCUT2D eigenvalue weighted by atomic mass is 19.1. The summed E-state index contributed by atoms with van der Waals surface area (Å²) in [5, 5.41) is 2.87. The van der Waals surface area contributed by atoms with Gasteiger partial charge in [0.15, 0.2) is 0 Å². The zero-order valence-corrected chi connectivity index (χ0v) is 14.6. The van der Waals surface area contributed by atoms with E-state index in [-0.39, 0.29) is 30.0 Å². The normalized spacial score (nSPS) is 16.6. The monoisotopic (exact) mass is 356 g/mol. The summed E-state index contributed by atoms with van der Waals surface area (Å²) in [6, 6.07) is 13.4. The van der Waals surface area contributed by atoms with E-state index in [0.717, 1.165) is 17.0 Å². The van der Waals surface area contributed by atoms with Crippen LogP contribution >= 0.6 is 0 Å². The van der Waals surface area contributed by atoms with Crippen molar-refractivity contribution in [3.63, 3.8) is 0 Å². The Labute approximate surface area is 151 Å². The summed E-state index contributed by atoms with van der Waals surface area (Å²) in [6.45, 7) is 0.825. The highest BCUT2D eigenvalue weighted by Gasteiger charge is 2.34. The van der Waals surface area contributed by atoms with Crippen LogP contribution < -0.4 is 15.0 Å². The average Bonchev–Trinajstić information content (AvgIpc) is 3.05. The van der Waals surface area contributed by atoms with Crippen LogP contribution in [-0.2, 0) is 16.0 Å². The molecule has 6 heteroatoms. The fraction of sp³-hybridized carbons (Fsp3) is 0.300. The van der Waals surface area contributed by atoms with Crippen LogP contribution in [0.4, 0.5) is 10.1 Å². The number of ether oxygens (including phenoxy) is 1. The maximum atomic E-state index is 12.9. The Morgan fingerprint density at radius 3 is 2.54 bits per heavy atom. The van der Waals surface area contributed by atoms with Gasteiger partial charge in [-0.3, -0.25) is 9.59 Å². The number of carbonyl (C=O) groups excluding carboxylic acids is 2. The highest BCUT2D eigenvalue weighted by molar-refractivity contribution is 6.00. The minimum Gasteiger partial charge on any atom is -0.497 e. The van der Waals surface area contributed by atoms with Crippen LogP contribution in [0.2, 0.25) is 0 Å². The van der Waals surface area contributed by atoms with Gasteiger partial charge in [0.2, 0.25) is 11.8 Å². The molecule has 2 amide bonds. The molecule has 1 aliphatic heterocycles. The number of amides is 2. The molecule has 2 aromatic rings. The lowest BCUT2D eigenvalue weighted by Gasteiger charge is -2.17. The zero-order chi connectivity index (χ0) is 18.5. The Bertz CT molecular complexity index is 775. The van der Waals surface area contributed by atoms with Gasteiger partial charge in [-0.25, -0.2) is 4.39 Å². The van der Waals surface area contributed by atoms with Gasteiger partial charge in [0.25, 0.3) is 0 Å². The van der Waals surface area contributed by atoms with Gasteiger partial charge in [0, 0.05) is 25.2 Å². The second-order valence-electron chi connectivity index (χ2n) is 6.27. The third-order valence-corrected chi connectivity index (χ3v) is 4.51. The van der Waals surface area contributed by atoms with Crippen molar-refractivity contribution in [3.8, 4) is 5.75 Å². The van der Waals surface area contributed by atoms with Crippen LogP contribution in [0.1, 0.15) is 12.0 Å². The summed E-state index contributed by atoms with van der Waals surface area (Å²) in [6.07, 6.45) is 0.823. The van der Waals surface area contributed by atoms with Crippen molar-refractivity contribution >= 4 is 17.5 Å². The summed E-state index contributed by atoms with van der Waals surface area (Å²) >= 11 is 0. The molecule has 0 aliphatic carbocycles. The highest BCUT2D eigenvalue weighted by Crippen LogP contribution is 2.26. The quantitative estimate of drug-likeness (QED) is 0.865. The number of hydrogen-bond donors (Lipinski definition) is 1. The smallest absolute Gasteiger partial charge is 0.227 e. The minimum atomic E-state index is -0.363. The van der Waals surface area contributed by atoms with Crippen molar-refractivity contribution < 1.29 is 18.7 Å². The number of nitrogens with one attached hydrogen (secondary N) is 1. The van der Waals surface area contributed by atoms with Gasteiger partial charge in [-0.1, -0.05) is 12.1 Å². The lowest BCUT2D eigenvalue weighted by molar-refractivity contribution is -0.126. The first kappa shape index (κ1) is 17.9. The van der Waals surface area contributed by atoms with Crippen LogP contribution in [-0.4, -0.2) is 32.0 Å². The molecule has 0 unspecified atom stereocenters. The van der Waals surface area contributed by atoms with Crippen LogP contribution in [0.5, 0.6) is 5.75 Å². The van der Waals surface area contributed by atoms with Crippen molar-refractivity contribution in [2.75, 3.05) is 25.1 Å². The molecule has 1 heterocycles. The summed E-state index contributed by atoms with van der Waals surface area (Å²) in [5.41, 5.74) is 1.71. The van der Waals surface area contributed by atoms with Gasteiger partial charge < -0.3 is 15.0 Å². The molecule has 1 atom stereocenters. The first-order valence-corrected chi connectivity index (χ1v) is 8.53. The van der Waals surface area contributed by atoms with E-state index in [1.807, 2.05) is 12.1 Å². The Morgan fingerprint density at radius 1 is 1.19 bits per heavy atom. The first-order valence-electron chi connectivity index (χ1n) is 8.53. The SMILES string of the molecule is COc1ccc(N2C[C@H](C(=O)NCCc3ccc(F)cc3)CC2=O)cc1. The fourth-order valence-corrected chi connectivity index (χ4v) is 3.02. The summed E-state index contributed by atoms with van der Waals surface area (Å²) in [5.74, 6) is -0.112. The van der Waals surface area contributed by atoms with Gasteiger partial charge >= 0.3 is 0 Å². The molecule has 2 aromatic carbocycles. The second-order valence-corrected chi connectivity index (χ2v) is 6.27. The molecule has 0 spiro atoms. The largest absolute Gasteiger partial charge is 0.497 e. The molecule has 26 heavy (non-hydrogen) atoms. The number of anilines is 1. The Hall–Kier alpha value is -2.89.